The van der Waals surface area contributed by atoms with Gasteiger partial charge in [-0.25, -0.2) is 0 Å². The molecule has 1 aliphatic rings. The summed E-state index contributed by atoms with van der Waals surface area (Å²) in [6.07, 6.45) is 4.37. The second-order valence-electron chi connectivity index (χ2n) is 5.42. The van der Waals surface area contributed by atoms with Gasteiger partial charge in [0.1, 0.15) is 6.04 Å². The number of ether oxygens (including phenoxy) is 1. The Labute approximate surface area is 117 Å². The summed E-state index contributed by atoms with van der Waals surface area (Å²) in [5.41, 5.74) is 0. The van der Waals surface area contributed by atoms with Gasteiger partial charge < -0.3 is 15.0 Å². The van der Waals surface area contributed by atoms with Crippen molar-refractivity contribution in [3.05, 3.63) is 0 Å². The Bertz CT molecular complexity index is 267. The van der Waals surface area contributed by atoms with Crippen LogP contribution < -0.4 is 5.32 Å². The molecule has 2 atom stereocenters. The van der Waals surface area contributed by atoms with Crippen molar-refractivity contribution in [2.24, 2.45) is 0 Å². The summed E-state index contributed by atoms with van der Waals surface area (Å²) in [6, 6.07) is 0.979. The molecule has 1 rings (SSSR count). The highest BCUT2D eigenvalue weighted by Gasteiger charge is 2.29. The molecule has 0 aliphatic heterocycles. The molecule has 1 N–H and O–H groups in total. The molecule has 0 saturated heterocycles. The zero-order valence-electron chi connectivity index (χ0n) is 12.9. The average Bonchev–Trinajstić information content (AvgIpc) is 3.21. The number of rotatable bonds is 10. The Morgan fingerprint density at radius 2 is 2.05 bits per heavy atom. The van der Waals surface area contributed by atoms with Gasteiger partial charge in [-0.05, 0) is 46.1 Å². The van der Waals surface area contributed by atoms with Crippen LogP contribution in [0.1, 0.15) is 53.4 Å². The van der Waals surface area contributed by atoms with Crippen LogP contribution in [0.5, 0.6) is 0 Å². The standard InChI is InChI=1S/C15H30N2O2/c1-5-12(4)17(6-2)11-10-14(15(18)19-7-3)16-13-8-9-13/h12-14,16H,5-11H2,1-4H3. The third-order valence-corrected chi connectivity index (χ3v) is 3.91. The van der Waals surface area contributed by atoms with Gasteiger partial charge in [0.25, 0.3) is 0 Å². The maximum Gasteiger partial charge on any atom is 0.323 e. The summed E-state index contributed by atoms with van der Waals surface area (Å²) in [5, 5.41) is 3.41. The lowest BCUT2D eigenvalue weighted by molar-refractivity contribution is -0.146. The van der Waals surface area contributed by atoms with Crippen LogP contribution in [0.25, 0.3) is 0 Å². The first-order valence-electron chi connectivity index (χ1n) is 7.79. The van der Waals surface area contributed by atoms with Crippen molar-refractivity contribution in [2.75, 3.05) is 19.7 Å². The smallest absolute Gasteiger partial charge is 0.323 e. The number of hydrogen-bond donors (Lipinski definition) is 1. The van der Waals surface area contributed by atoms with E-state index >= 15 is 0 Å². The average molecular weight is 270 g/mol. The van der Waals surface area contributed by atoms with Gasteiger partial charge in [0.2, 0.25) is 0 Å². The van der Waals surface area contributed by atoms with Crippen LogP contribution in [0.3, 0.4) is 0 Å². The predicted octanol–water partition coefficient (Wildman–Crippen LogP) is 2.18. The van der Waals surface area contributed by atoms with E-state index in [0.29, 0.717) is 18.7 Å². The number of hydrogen-bond acceptors (Lipinski definition) is 4. The zero-order valence-corrected chi connectivity index (χ0v) is 12.9. The highest BCUT2D eigenvalue weighted by molar-refractivity contribution is 5.75. The van der Waals surface area contributed by atoms with Crippen LogP contribution in [0.15, 0.2) is 0 Å². The van der Waals surface area contributed by atoms with E-state index in [1.54, 1.807) is 0 Å². The summed E-state index contributed by atoms with van der Waals surface area (Å²) in [5.74, 6) is -0.0883. The van der Waals surface area contributed by atoms with Gasteiger partial charge in [0, 0.05) is 18.6 Å². The number of esters is 1. The molecule has 0 bridgehead atoms. The summed E-state index contributed by atoms with van der Waals surface area (Å²) in [6.45, 7) is 11.0. The molecule has 0 spiro atoms. The lowest BCUT2D eigenvalue weighted by Crippen LogP contribution is -2.43. The largest absolute Gasteiger partial charge is 0.465 e. The van der Waals surface area contributed by atoms with Crippen LogP contribution in [0.2, 0.25) is 0 Å². The van der Waals surface area contributed by atoms with Gasteiger partial charge in [0.15, 0.2) is 0 Å². The molecule has 0 aromatic carbocycles. The van der Waals surface area contributed by atoms with Crippen molar-refractivity contribution >= 4 is 5.97 Å². The number of nitrogens with one attached hydrogen (secondary N) is 1. The van der Waals surface area contributed by atoms with Gasteiger partial charge >= 0.3 is 5.97 Å². The fourth-order valence-corrected chi connectivity index (χ4v) is 2.29. The van der Waals surface area contributed by atoms with Gasteiger partial charge in [-0.3, -0.25) is 4.79 Å². The molecule has 0 aromatic rings. The first-order valence-corrected chi connectivity index (χ1v) is 7.79. The Hall–Kier alpha value is -0.610. The first kappa shape index (κ1) is 16.4. The van der Waals surface area contributed by atoms with Crippen LogP contribution in [-0.4, -0.2) is 48.7 Å². The number of nitrogens with zero attached hydrogens (tertiary/aromatic N) is 1. The van der Waals surface area contributed by atoms with Gasteiger partial charge in [-0.2, -0.15) is 0 Å². The van der Waals surface area contributed by atoms with Crippen LogP contribution in [-0.2, 0) is 9.53 Å². The molecule has 112 valence electrons. The number of carbonyl (C=O) groups is 1. The lowest BCUT2D eigenvalue weighted by Gasteiger charge is -2.28. The van der Waals surface area contributed by atoms with Gasteiger partial charge in [-0.1, -0.05) is 13.8 Å². The normalized spacial score (nSPS) is 18.4. The Balaban J connectivity index is 2.43. The van der Waals surface area contributed by atoms with E-state index in [2.05, 4.69) is 31.0 Å². The second kappa shape index (κ2) is 8.54. The van der Waals surface area contributed by atoms with Crippen molar-refractivity contribution in [1.82, 2.24) is 10.2 Å². The molecular weight excluding hydrogens is 240 g/mol. The van der Waals surface area contributed by atoms with Crippen LogP contribution in [0, 0.1) is 0 Å². The molecule has 1 aliphatic carbocycles. The summed E-state index contributed by atoms with van der Waals surface area (Å²) >= 11 is 0. The molecule has 4 nitrogen and oxygen atoms in total. The van der Waals surface area contributed by atoms with E-state index in [-0.39, 0.29) is 12.0 Å². The molecule has 1 fully saturated rings. The molecule has 1 saturated carbocycles. The third kappa shape index (κ3) is 5.91. The van der Waals surface area contributed by atoms with E-state index < -0.39 is 0 Å². The Kier molecular flexibility index (Phi) is 7.39. The molecule has 0 aromatic heterocycles. The second-order valence-corrected chi connectivity index (χ2v) is 5.42. The van der Waals surface area contributed by atoms with Crippen molar-refractivity contribution in [1.29, 1.82) is 0 Å². The molecule has 0 radical (unpaired) electrons. The third-order valence-electron chi connectivity index (χ3n) is 3.91. The fraction of sp³-hybridized carbons (Fsp3) is 0.933. The zero-order chi connectivity index (χ0) is 14.3. The van der Waals surface area contributed by atoms with Crippen LogP contribution in [0.4, 0.5) is 0 Å². The topological polar surface area (TPSA) is 41.6 Å². The molecular formula is C15H30N2O2. The molecule has 0 amide bonds. The maximum atomic E-state index is 11.9. The van der Waals surface area contributed by atoms with Crippen molar-refractivity contribution in [2.45, 2.75) is 71.5 Å². The SMILES string of the molecule is CCOC(=O)C(CCN(CC)C(C)CC)NC1CC1. The minimum absolute atomic E-state index is 0.0883. The quantitative estimate of drug-likeness (QED) is 0.618. The maximum absolute atomic E-state index is 11.9. The molecule has 0 heterocycles. The molecule has 19 heavy (non-hydrogen) atoms. The Morgan fingerprint density at radius 3 is 2.53 bits per heavy atom. The monoisotopic (exact) mass is 270 g/mol. The van der Waals surface area contributed by atoms with E-state index in [9.17, 15) is 4.79 Å². The van der Waals surface area contributed by atoms with Crippen LogP contribution >= 0.6 is 0 Å². The lowest BCUT2D eigenvalue weighted by atomic mass is 10.1. The van der Waals surface area contributed by atoms with Gasteiger partial charge in [-0.15, -0.1) is 0 Å². The highest BCUT2D eigenvalue weighted by Crippen LogP contribution is 2.20. The summed E-state index contributed by atoms with van der Waals surface area (Å²) in [7, 11) is 0. The van der Waals surface area contributed by atoms with E-state index in [1.165, 1.54) is 12.8 Å². The molecule has 4 heteroatoms. The minimum atomic E-state index is -0.134. The van der Waals surface area contributed by atoms with Crippen molar-refractivity contribution < 1.29 is 9.53 Å². The van der Waals surface area contributed by atoms with Gasteiger partial charge in [0.05, 0.1) is 6.61 Å². The number of carbonyl (C=O) groups excluding carboxylic acids is 1. The first-order chi connectivity index (χ1) is 9.12. The summed E-state index contributed by atoms with van der Waals surface area (Å²) < 4.78 is 5.17. The van der Waals surface area contributed by atoms with Crippen molar-refractivity contribution in [3.8, 4) is 0 Å². The molecule has 2 unspecified atom stereocenters. The highest BCUT2D eigenvalue weighted by atomic mass is 16.5. The summed E-state index contributed by atoms with van der Waals surface area (Å²) in [4.78, 5) is 14.4. The van der Waals surface area contributed by atoms with E-state index in [0.717, 1.165) is 25.9 Å². The minimum Gasteiger partial charge on any atom is -0.465 e. The van der Waals surface area contributed by atoms with E-state index in [4.69, 9.17) is 4.74 Å². The fourth-order valence-electron chi connectivity index (χ4n) is 2.29. The van der Waals surface area contributed by atoms with E-state index in [1.807, 2.05) is 6.92 Å². The van der Waals surface area contributed by atoms with Crippen molar-refractivity contribution in [3.63, 3.8) is 0 Å². The Morgan fingerprint density at radius 1 is 1.37 bits per heavy atom. The predicted molar refractivity (Wildman–Crippen MR) is 78.2 cm³/mol.